The molecule has 2 aliphatic heterocycles. The van der Waals surface area contributed by atoms with Crippen molar-refractivity contribution in [2.45, 2.75) is 30.9 Å². The third-order valence-corrected chi connectivity index (χ3v) is 6.75. The van der Waals surface area contributed by atoms with Crippen LogP contribution in [-0.2, 0) is 10.2 Å². The van der Waals surface area contributed by atoms with E-state index in [-0.39, 0.29) is 30.5 Å². The van der Waals surface area contributed by atoms with E-state index >= 15 is 0 Å². The van der Waals surface area contributed by atoms with Crippen LogP contribution >= 0.6 is 11.6 Å². The Bertz CT molecular complexity index is 1230. The number of rotatable bonds is 3. The summed E-state index contributed by atoms with van der Waals surface area (Å²) in [4.78, 5) is 32.3. The molecule has 0 N–H and O–H groups in total. The molecule has 0 unspecified atom stereocenters. The molecule has 1 amide bonds. The van der Waals surface area contributed by atoms with Crippen LogP contribution in [0.5, 0.6) is 0 Å². The molecule has 0 spiro atoms. The molecule has 2 saturated heterocycles. The second-order valence-electron chi connectivity index (χ2n) is 8.54. The Morgan fingerprint density at radius 3 is 2.64 bits per heavy atom. The predicted octanol–water partition coefficient (Wildman–Crippen LogP) is 3.73. The highest BCUT2D eigenvalue weighted by molar-refractivity contribution is 6.31. The lowest BCUT2D eigenvalue weighted by atomic mass is 9.78. The number of likely N-dealkylation sites (tertiary alicyclic amines) is 1. The number of aromatic nitrogens is 4. The van der Waals surface area contributed by atoms with Crippen LogP contribution in [0.15, 0.2) is 36.8 Å². The summed E-state index contributed by atoms with van der Waals surface area (Å²) < 4.78 is 43.1. The molecule has 5 rings (SSSR count). The minimum Gasteiger partial charge on any atom is -0.342 e. The number of carbonyl (C=O) groups excluding carboxylic acids is 1. The Kier molecular flexibility index (Phi) is 5.15. The van der Waals surface area contributed by atoms with Crippen LogP contribution in [-0.4, -0.2) is 63.1 Å². The quantitative estimate of drug-likeness (QED) is 0.573. The molecule has 0 saturated carbocycles. The summed E-state index contributed by atoms with van der Waals surface area (Å²) in [6.07, 6.45) is -0.406. The molecule has 172 valence electrons. The first kappa shape index (κ1) is 21.8. The van der Waals surface area contributed by atoms with E-state index < -0.39 is 18.1 Å². The lowest BCUT2D eigenvalue weighted by Crippen LogP contribution is -2.50. The van der Waals surface area contributed by atoms with E-state index in [0.29, 0.717) is 29.8 Å². The molecule has 0 aliphatic carbocycles. The third-order valence-electron chi connectivity index (χ3n) is 6.52. The average molecular weight is 477 g/mol. The Balaban J connectivity index is 1.42. The molecule has 4 heterocycles. The van der Waals surface area contributed by atoms with Crippen LogP contribution in [0.3, 0.4) is 0 Å². The Morgan fingerprint density at radius 1 is 1.18 bits per heavy atom. The molecule has 2 aromatic heterocycles. The van der Waals surface area contributed by atoms with Gasteiger partial charge in [0.25, 0.3) is 0 Å². The lowest BCUT2D eigenvalue weighted by molar-refractivity contribution is -0.188. The number of carbonyl (C=O) groups is 1. The third kappa shape index (κ3) is 3.66. The van der Waals surface area contributed by atoms with E-state index in [9.17, 15) is 18.0 Å². The summed E-state index contributed by atoms with van der Waals surface area (Å²) in [6.45, 7) is 1.73. The second kappa shape index (κ2) is 7.79. The highest BCUT2D eigenvalue weighted by Crippen LogP contribution is 2.49. The molecule has 1 aromatic carbocycles. The molecule has 2 aliphatic rings. The van der Waals surface area contributed by atoms with Crippen molar-refractivity contribution in [1.29, 1.82) is 0 Å². The summed E-state index contributed by atoms with van der Waals surface area (Å²) in [5.41, 5.74) is -1.25. The molecule has 7 nitrogen and oxygen atoms in total. The Labute approximate surface area is 192 Å². The fourth-order valence-corrected chi connectivity index (χ4v) is 4.80. The first-order chi connectivity index (χ1) is 15.7. The number of anilines is 1. The van der Waals surface area contributed by atoms with Gasteiger partial charge in [0.15, 0.2) is 0 Å². The largest absolute Gasteiger partial charge is 0.401 e. The molecule has 33 heavy (non-hydrogen) atoms. The predicted molar refractivity (Wildman–Crippen MR) is 116 cm³/mol. The first-order valence-electron chi connectivity index (χ1n) is 10.5. The van der Waals surface area contributed by atoms with Gasteiger partial charge in [-0.2, -0.15) is 13.2 Å². The van der Waals surface area contributed by atoms with Crippen LogP contribution in [0.1, 0.15) is 30.7 Å². The first-order valence-corrected chi connectivity index (χ1v) is 10.9. The number of benzene rings is 1. The minimum absolute atomic E-state index is 0.0383. The van der Waals surface area contributed by atoms with Gasteiger partial charge in [-0.1, -0.05) is 11.6 Å². The van der Waals surface area contributed by atoms with Gasteiger partial charge in [0, 0.05) is 68.0 Å². The van der Waals surface area contributed by atoms with Gasteiger partial charge in [-0.05, 0) is 24.6 Å². The highest BCUT2D eigenvalue weighted by Gasteiger charge is 2.62. The maximum atomic E-state index is 14.4. The SMILES string of the molecule is CC(=O)N1CC[C@@](c2nccnc2C2CN(c3ncc4cc(Cl)ccc4n3)C2)(C(F)(F)F)C1. The zero-order chi connectivity index (χ0) is 23.4. The van der Waals surface area contributed by atoms with Gasteiger partial charge < -0.3 is 9.80 Å². The molecule has 3 aromatic rings. The minimum atomic E-state index is -4.56. The number of fused-ring (bicyclic) bond motifs is 1. The normalized spacial score (nSPS) is 21.5. The van der Waals surface area contributed by atoms with Crippen LogP contribution in [0.25, 0.3) is 10.9 Å². The number of hydrogen-bond acceptors (Lipinski definition) is 6. The molecular weight excluding hydrogens is 457 g/mol. The summed E-state index contributed by atoms with van der Waals surface area (Å²) in [6, 6.07) is 5.32. The van der Waals surface area contributed by atoms with Crippen LogP contribution < -0.4 is 4.90 Å². The van der Waals surface area contributed by atoms with Crippen LogP contribution in [0.4, 0.5) is 19.1 Å². The molecule has 2 fully saturated rings. The number of alkyl halides is 3. The summed E-state index contributed by atoms with van der Waals surface area (Å²) in [5, 5.41) is 1.40. The number of halogens is 4. The zero-order valence-corrected chi connectivity index (χ0v) is 18.4. The molecular formula is C22H20ClF3N6O. The molecule has 0 radical (unpaired) electrons. The van der Waals surface area contributed by atoms with Crippen molar-refractivity contribution in [3.8, 4) is 0 Å². The van der Waals surface area contributed by atoms with Crippen molar-refractivity contribution < 1.29 is 18.0 Å². The summed E-state index contributed by atoms with van der Waals surface area (Å²) in [7, 11) is 0. The van der Waals surface area contributed by atoms with Gasteiger partial charge in [0.05, 0.1) is 16.9 Å². The van der Waals surface area contributed by atoms with Crippen molar-refractivity contribution in [2.24, 2.45) is 0 Å². The fourth-order valence-electron chi connectivity index (χ4n) is 4.62. The second-order valence-corrected chi connectivity index (χ2v) is 8.97. The van der Waals surface area contributed by atoms with E-state index in [0.717, 1.165) is 10.9 Å². The fraction of sp³-hybridized carbons (Fsp3) is 0.409. The van der Waals surface area contributed by atoms with Crippen molar-refractivity contribution >= 4 is 34.4 Å². The monoisotopic (exact) mass is 476 g/mol. The van der Waals surface area contributed by atoms with Crippen molar-refractivity contribution in [3.63, 3.8) is 0 Å². The average Bonchev–Trinajstić information content (AvgIpc) is 3.20. The molecule has 0 bridgehead atoms. The summed E-state index contributed by atoms with van der Waals surface area (Å²) in [5.74, 6) is -0.124. The van der Waals surface area contributed by atoms with Gasteiger partial charge >= 0.3 is 6.18 Å². The van der Waals surface area contributed by atoms with Gasteiger partial charge in [-0.3, -0.25) is 14.8 Å². The maximum absolute atomic E-state index is 14.4. The lowest BCUT2D eigenvalue weighted by Gasteiger charge is -2.41. The molecule has 11 heteroatoms. The zero-order valence-electron chi connectivity index (χ0n) is 17.7. The van der Waals surface area contributed by atoms with E-state index in [4.69, 9.17) is 11.6 Å². The summed E-state index contributed by atoms with van der Waals surface area (Å²) >= 11 is 6.00. The van der Waals surface area contributed by atoms with Gasteiger partial charge in [0.1, 0.15) is 5.41 Å². The topological polar surface area (TPSA) is 75.1 Å². The van der Waals surface area contributed by atoms with Crippen molar-refractivity contribution in [1.82, 2.24) is 24.8 Å². The van der Waals surface area contributed by atoms with Gasteiger partial charge in [-0.15, -0.1) is 0 Å². The molecule has 1 atom stereocenters. The van der Waals surface area contributed by atoms with Crippen molar-refractivity contribution in [2.75, 3.05) is 31.1 Å². The Morgan fingerprint density at radius 2 is 1.94 bits per heavy atom. The van der Waals surface area contributed by atoms with E-state index in [1.807, 2.05) is 4.90 Å². The van der Waals surface area contributed by atoms with E-state index in [1.165, 1.54) is 24.2 Å². The number of hydrogen-bond donors (Lipinski definition) is 0. The number of amides is 1. The Hall–Kier alpha value is -3.01. The standard InChI is InChI=1S/C22H20ClF3N6O/c1-13(33)31-7-4-21(12-31,22(24,25)26)19-18(27-5-6-28-19)15-10-32(11-15)20-29-9-14-8-16(23)2-3-17(14)30-20/h2-3,5-6,8-9,15H,4,7,10-12H2,1H3/t21-/m1/s1. The van der Waals surface area contributed by atoms with Crippen molar-refractivity contribution in [3.05, 3.63) is 53.2 Å². The highest BCUT2D eigenvalue weighted by atomic mass is 35.5. The maximum Gasteiger partial charge on any atom is 0.401 e. The number of nitrogens with zero attached hydrogens (tertiary/aromatic N) is 6. The van der Waals surface area contributed by atoms with Crippen LogP contribution in [0, 0.1) is 0 Å². The van der Waals surface area contributed by atoms with E-state index in [2.05, 4.69) is 19.9 Å². The van der Waals surface area contributed by atoms with Gasteiger partial charge in [-0.25, -0.2) is 9.97 Å². The smallest absolute Gasteiger partial charge is 0.342 e. The van der Waals surface area contributed by atoms with E-state index in [1.54, 1.807) is 24.4 Å². The van der Waals surface area contributed by atoms with Gasteiger partial charge in [0.2, 0.25) is 11.9 Å². The van der Waals surface area contributed by atoms with Crippen LogP contribution in [0.2, 0.25) is 5.02 Å².